The predicted molar refractivity (Wildman–Crippen MR) is 136 cm³/mol. The number of allylic oxidation sites excluding steroid dienone is 1. The zero-order valence-corrected chi connectivity index (χ0v) is 20.8. The first-order chi connectivity index (χ1) is 18.4. The maximum Gasteiger partial charge on any atom is 0.193 e. The molecule has 0 unspecified atom stereocenters. The molecule has 4 rings (SSSR count). The molecule has 0 fully saturated rings. The van der Waals surface area contributed by atoms with Crippen molar-refractivity contribution in [3.63, 3.8) is 0 Å². The number of methoxy groups -OCH3 is 2. The largest absolute Gasteiger partial charge is 0.508 e. The van der Waals surface area contributed by atoms with Gasteiger partial charge in [0.15, 0.2) is 43.1 Å². The summed E-state index contributed by atoms with van der Waals surface area (Å²) in [6, 6.07) is 14.4. The minimum absolute atomic E-state index is 0.0483. The average Bonchev–Trinajstić information content (AvgIpc) is 2.93. The lowest BCUT2D eigenvalue weighted by molar-refractivity contribution is -0.0123. The Morgan fingerprint density at radius 2 is 1.66 bits per heavy atom. The number of aromatic hydroxyl groups is 2. The van der Waals surface area contributed by atoms with E-state index in [0.717, 1.165) is 5.56 Å². The van der Waals surface area contributed by atoms with Crippen LogP contribution >= 0.6 is 0 Å². The Kier molecular flexibility index (Phi) is 8.70. The van der Waals surface area contributed by atoms with Crippen LogP contribution < -0.4 is 18.9 Å². The average molecular weight is 525 g/mol. The highest BCUT2D eigenvalue weighted by atomic mass is 16.7. The number of hydrogen-bond donors (Lipinski definition) is 3. The Hall–Kier alpha value is -4.25. The van der Waals surface area contributed by atoms with Gasteiger partial charge in [-0.3, -0.25) is 4.79 Å². The summed E-state index contributed by atoms with van der Waals surface area (Å²) in [6.45, 7) is -0.485. The second-order valence-electron chi connectivity index (χ2n) is 8.29. The number of aliphatic hydroxyl groups excluding tert-OH is 1. The van der Waals surface area contributed by atoms with Crippen molar-refractivity contribution in [3.05, 3.63) is 77.4 Å². The van der Waals surface area contributed by atoms with Crippen molar-refractivity contribution in [2.24, 2.45) is 0 Å². The number of aliphatic hydroxyl groups is 1. The number of ether oxygens (including phenoxy) is 6. The van der Waals surface area contributed by atoms with Crippen LogP contribution in [0.5, 0.6) is 34.5 Å². The van der Waals surface area contributed by atoms with Gasteiger partial charge in [-0.1, -0.05) is 24.3 Å². The van der Waals surface area contributed by atoms with Crippen molar-refractivity contribution < 1.29 is 48.5 Å². The van der Waals surface area contributed by atoms with E-state index < -0.39 is 18.0 Å². The van der Waals surface area contributed by atoms with E-state index >= 15 is 0 Å². The summed E-state index contributed by atoms with van der Waals surface area (Å²) >= 11 is 0. The third kappa shape index (κ3) is 6.17. The number of phenolic OH excluding ortho intramolecular Hbond substituents is 2. The third-order valence-corrected chi connectivity index (χ3v) is 5.64. The number of carbonyl (C=O) groups excluding carboxylic acids is 1. The van der Waals surface area contributed by atoms with Gasteiger partial charge in [0.05, 0.1) is 6.61 Å². The molecule has 0 amide bonds. The molecule has 1 aliphatic heterocycles. The highest BCUT2D eigenvalue weighted by molar-refractivity contribution is 6.10. The second kappa shape index (κ2) is 12.3. The predicted octanol–water partition coefficient (Wildman–Crippen LogP) is 3.83. The van der Waals surface area contributed by atoms with Gasteiger partial charge < -0.3 is 43.7 Å². The molecule has 0 aromatic heterocycles. The van der Waals surface area contributed by atoms with Crippen molar-refractivity contribution in [1.82, 2.24) is 0 Å². The van der Waals surface area contributed by atoms with Crippen molar-refractivity contribution in [2.75, 3.05) is 34.4 Å². The summed E-state index contributed by atoms with van der Waals surface area (Å²) in [6.07, 6.45) is 1.60. The molecular formula is C28H28O10. The molecule has 10 nitrogen and oxygen atoms in total. The highest BCUT2D eigenvalue weighted by Gasteiger charge is 2.32. The molecule has 0 saturated carbocycles. The molecule has 1 aliphatic rings. The second-order valence-corrected chi connectivity index (χ2v) is 8.29. The lowest BCUT2D eigenvalue weighted by atomic mass is 10.0. The number of rotatable bonds is 11. The third-order valence-electron chi connectivity index (χ3n) is 5.64. The molecule has 0 radical (unpaired) electrons. The summed E-state index contributed by atoms with van der Waals surface area (Å²) in [5, 5.41) is 30.0. The van der Waals surface area contributed by atoms with Gasteiger partial charge >= 0.3 is 0 Å². The molecule has 1 heterocycles. The van der Waals surface area contributed by atoms with Crippen LogP contribution in [0, 0.1) is 0 Å². The van der Waals surface area contributed by atoms with Gasteiger partial charge in [-0.2, -0.15) is 0 Å². The fraction of sp³-hybridized carbons (Fsp3) is 0.250. The normalized spacial score (nSPS) is 16.4. The smallest absolute Gasteiger partial charge is 0.193 e. The fourth-order valence-electron chi connectivity index (χ4n) is 3.86. The molecule has 0 saturated heterocycles. The standard InChI is InChI=1S/C28H28O10/c1-33-15-35-20-12-22(32)27(25(13-20)36-16-34-2)21(31)9-3-17-4-10-23-24(11-17)37-26(14-29)28(38-23)18-5-7-19(30)8-6-18/h3-13,26,28-30,32H,14-16H2,1-2H3/b9-3+/t26-,28-/m0/s1. The molecule has 0 spiro atoms. The Balaban J connectivity index is 1.55. The maximum absolute atomic E-state index is 13.0. The monoisotopic (exact) mass is 524 g/mol. The van der Waals surface area contributed by atoms with E-state index in [9.17, 15) is 20.1 Å². The summed E-state index contributed by atoms with van der Waals surface area (Å²) in [5.74, 6) is 0.497. The van der Waals surface area contributed by atoms with E-state index in [-0.39, 0.29) is 48.8 Å². The van der Waals surface area contributed by atoms with Gasteiger partial charge in [-0.05, 0) is 41.5 Å². The van der Waals surface area contributed by atoms with Gasteiger partial charge in [0.1, 0.15) is 28.6 Å². The van der Waals surface area contributed by atoms with E-state index in [0.29, 0.717) is 17.1 Å². The minimum atomic E-state index is -0.677. The van der Waals surface area contributed by atoms with E-state index in [2.05, 4.69) is 0 Å². The van der Waals surface area contributed by atoms with Crippen LogP contribution in [0.15, 0.2) is 60.7 Å². The van der Waals surface area contributed by atoms with Crippen molar-refractivity contribution >= 4 is 11.9 Å². The number of ketones is 1. The van der Waals surface area contributed by atoms with E-state index in [1.54, 1.807) is 36.4 Å². The van der Waals surface area contributed by atoms with Crippen LogP contribution in [0.2, 0.25) is 0 Å². The van der Waals surface area contributed by atoms with E-state index in [1.165, 1.54) is 44.6 Å². The first-order valence-electron chi connectivity index (χ1n) is 11.6. The Morgan fingerprint density at radius 1 is 0.921 bits per heavy atom. The number of carbonyl (C=O) groups is 1. The van der Waals surface area contributed by atoms with Crippen molar-refractivity contribution in [1.29, 1.82) is 0 Å². The Labute approximate surface area is 219 Å². The first-order valence-corrected chi connectivity index (χ1v) is 11.6. The first kappa shape index (κ1) is 26.8. The topological polar surface area (TPSA) is 133 Å². The molecule has 200 valence electrons. The highest BCUT2D eigenvalue weighted by Crippen LogP contribution is 2.40. The SMILES string of the molecule is COCOc1cc(O)c(C(=O)/C=C/c2ccc3c(c2)O[C@@H](CO)[C@H](c2ccc(O)cc2)O3)c(OCOC)c1. The van der Waals surface area contributed by atoms with Gasteiger partial charge in [0.2, 0.25) is 0 Å². The van der Waals surface area contributed by atoms with Gasteiger partial charge in [0, 0.05) is 26.4 Å². The van der Waals surface area contributed by atoms with Gasteiger partial charge in [0.25, 0.3) is 0 Å². The van der Waals surface area contributed by atoms with Crippen molar-refractivity contribution in [3.8, 4) is 34.5 Å². The quantitative estimate of drug-likeness (QED) is 0.193. The number of phenols is 2. The number of fused-ring (bicyclic) bond motifs is 1. The molecule has 10 heteroatoms. The van der Waals surface area contributed by atoms with Crippen LogP contribution in [0.3, 0.4) is 0 Å². The zero-order chi connectivity index (χ0) is 27.1. The van der Waals surface area contributed by atoms with Crippen LogP contribution in [0.1, 0.15) is 27.6 Å². The van der Waals surface area contributed by atoms with Crippen LogP contribution in [0.25, 0.3) is 6.08 Å². The molecular weight excluding hydrogens is 496 g/mol. The molecule has 38 heavy (non-hydrogen) atoms. The zero-order valence-electron chi connectivity index (χ0n) is 20.8. The van der Waals surface area contributed by atoms with Crippen LogP contribution in [0.4, 0.5) is 0 Å². The minimum Gasteiger partial charge on any atom is -0.508 e. The molecule has 0 bridgehead atoms. The summed E-state index contributed by atoms with van der Waals surface area (Å²) < 4.78 is 32.7. The molecule has 3 N–H and O–H groups in total. The lowest BCUT2D eigenvalue weighted by Gasteiger charge is -2.33. The Bertz CT molecular complexity index is 1290. The van der Waals surface area contributed by atoms with Crippen LogP contribution in [-0.4, -0.2) is 61.6 Å². The number of hydrogen-bond acceptors (Lipinski definition) is 10. The van der Waals surface area contributed by atoms with Crippen LogP contribution in [-0.2, 0) is 9.47 Å². The molecule has 2 atom stereocenters. The summed E-state index contributed by atoms with van der Waals surface area (Å²) in [7, 11) is 2.89. The Morgan fingerprint density at radius 3 is 2.37 bits per heavy atom. The summed E-state index contributed by atoms with van der Waals surface area (Å²) in [4.78, 5) is 13.0. The van der Waals surface area contributed by atoms with Gasteiger partial charge in [-0.25, -0.2) is 0 Å². The van der Waals surface area contributed by atoms with E-state index in [1.807, 2.05) is 0 Å². The number of benzene rings is 3. The molecule has 3 aromatic rings. The molecule has 3 aromatic carbocycles. The molecule has 0 aliphatic carbocycles. The van der Waals surface area contributed by atoms with Gasteiger partial charge in [-0.15, -0.1) is 0 Å². The fourth-order valence-corrected chi connectivity index (χ4v) is 3.86. The maximum atomic E-state index is 13.0. The lowest BCUT2D eigenvalue weighted by Crippen LogP contribution is -2.36. The summed E-state index contributed by atoms with van der Waals surface area (Å²) in [5.41, 5.74) is 1.31. The van der Waals surface area contributed by atoms with Crippen molar-refractivity contribution in [2.45, 2.75) is 12.2 Å². The van der Waals surface area contributed by atoms with E-state index in [4.69, 9.17) is 28.4 Å².